The molecule has 2 heterocycles. The number of benzene rings is 2. The number of ether oxygens (including phenoxy) is 1. The number of aryl methyl sites for hydroxylation is 1. The van der Waals surface area contributed by atoms with Crippen LogP contribution in [0.5, 0.6) is 0 Å². The minimum absolute atomic E-state index is 0.0312. The van der Waals surface area contributed by atoms with E-state index in [-0.39, 0.29) is 5.91 Å². The fraction of sp³-hybridized carbons (Fsp3) is 0.385. The van der Waals surface area contributed by atoms with E-state index in [1.807, 2.05) is 55.6 Å². The van der Waals surface area contributed by atoms with Crippen LogP contribution >= 0.6 is 0 Å². The molecule has 0 aliphatic carbocycles. The van der Waals surface area contributed by atoms with Gasteiger partial charge in [-0.1, -0.05) is 35.5 Å². The van der Waals surface area contributed by atoms with E-state index in [0.717, 1.165) is 68.4 Å². The monoisotopic (exact) mass is 448 g/mol. The zero-order chi connectivity index (χ0) is 22.9. The summed E-state index contributed by atoms with van der Waals surface area (Å²) in [5.74, 6) is 0.921. The Hall–Kier alpha value is -3.16. The Morgan fingerprint density at radius 2 is 1.82 bits per heavy atom. The number of nitrogens with zero attached hydrogens (tertiary/aromatic N) is 3. The van der Waals surface area contributed by atoms with Gasteiger partial charge in [0.1, 0.15) is 11.5 Å². The first-order valence-electron chi connectivity index (χ1n) is 11.6. The molecule has 1 saturated heterocycles. The van der Waals surface area contributed by atoms with Gasteiger partial charge in [0.05, 0.1) is 13.2 Å². The van der Waals surface area contributed by atoms with Crippen molar-refractivity contribution in [2.75, 3.05) is 56.7 Å². The van der Waals surface area contributed by atoms with Crippen molar-refractivity contribution >= 4 is 17.3 Å². The summed E-state index contributed by atoms with van der Waals surface area (Å²) in [7, 11) is 2.04. The Balaban J connectivity index is 1.14. The molecule has 1 fully saturated rings. The molecule has 1 N–H and O–H groups in total. The van der Waals surface area contributed by atoms with Crippen LogP contribution in [0.1, 0.15) is 18.6 Å². The highest BCUT2D eigenvalue weighted by atomic mass is 16.5. The number of hydrogen-bond donors (Lipinski definition) is 1. The van der Waals surface area contributed by atoms with Crippen LogP contribution in [0.25, 0.3) is 11.3 Å². The van der Waals surface area contributed by atoms with Crippen molar-refractivity contribution < 1.29 is 14.1 Å². The number of morpholine rings is 1. The van der Waals surface area contributed by atoms with Crippen molar-refractivity contribution in [3.63, 3.8) is 0 Å². The van der Waals surface area contributed by atoms with Crippen molar-refractivity contribution in [2.45, 2.75) is 19.3 Å². The third-order valence-electron chi connectivity index (χ3n) is 5.84. The van der Waals surface area contributed by atoms with Gasteiger partial charge in [0.15, 0.2) is 0 Å². The third kappa shape index (κ3) is 6.91. The standard InChI is InChI=1S/C26H32N4O3/c1-29(14-5-8-24-20-25(28-33-24)21-6-3-2-4-7-21)15-13-26(31)27-22-9-11-23(12-10-22)30-16-18-32-19-17-30/h2-4,6-7,9-12,20H,5,8,13-19H2,1H3,(H,27,31). The molecule has 0 radical (unpaired) electrons. The summed E-state index contributed by atoms with van der Waals surface area (Å²) < 4.78 is 10.9. The lowest BCUT2D eigenvalue weighted by Gasteiger charge is -2.28. The van der Waals surface area contributed by atoms with E-state index < -0.39 is 0 Å². The van der Waals surface area contributed by atoms with E-state index in [4.69, 9.17) is 9.26 Å². The summed E-state index contributed by atoms with van der Waals surface area (Å²) >= 11 is 0. The highest BCUT2D eigenvalue weighted by molar-refractivity contribution is 5.91. The quantitative estimate of drug-likeness (QED) is 0.504. The van der Waals surface area contributed by atoms with E-state index in [0.29, 0.717) is 13.0 Å². The Morgan fingerprint density at radius 3 is 2.58 bits per heavy atom. The molecule has 0 bridgehead atoms. The van der Waals surface area contributed by atoms with Gasteiger partial charge in [0.25, 0.3) is 0 Å². The summed E-state index contributed by atoms with van der Waals surface area (Å²) in [6.45, 7) is 4.94. The number of rotatable bonds is 10. The average Bonchev–Trinajstić information content (AvgIpc) is 3.33. The van der Waals surface area contributed by atoms with Crippen molar-refractivity contribution in [3.05, 3.63) is 66.4 Å². The molecule has 1 amide bonds. The van der Waals surface area contributed by atoms with Crippen molar-refractivity contribution in [3.8, 4) is 11.3 Å². The smallest absolute Gasteiger partial charge is 0.225 e. The maximum atomic E-state index is 12.3. The molecule has 174 valence electrons. The van der Waals surface area contributed by atoms with Crippen LogP contribution < -0.4 is 10.2 Å². The normalized spacial score (nSPS) is 13.9. The summed E-state index contributed by atoms with van der Waals surface area (Å²) in [6, 6.07) is 20.1. The van der Waals surface area contributed by atoms with E-state index >= 15 is 0 Å². The molecule has 3 aromatic rings. The zero-order valence-electron chi connectivity index (χ0n) is 19.2. The van der Waals surface area contributed by atoms with Gasteiger partial charge in [-0.3, -0.25) is 4.79 Å². The Bertz CT molecular complexity index is 998. The number of carbonyl (C=O) groups is 1. The number of aromatic nitrogens is 1. The van der Waals surface area contributed by atoms with E-state index in [1.54, 1.807) is 0 Å². The maximum absolute atomic E-state index is 12.3. The molecule has 7 nitrogen and oxygen atoms in total. The van der Waals surface area contributed by atoms with Crippen LogP contribution in [-0.2, 0) is 16.0 Å². The number of carbonyl (C=O) groups excluding carboxylic acids is 1. The number of hydrogen-bond acceptors (Lipinski definition) is 6. The molecule has 33 heavy (non-hydrogen) atoms. The van der Waals surface area contributed by atoms with Crippen LogP contribution in [-0.4, -0.2) is 62.4 Å². The van der Waals surface area contributed by atoms with E-state index in [2.05, 4.69) is 32.4 Å². The SMILES string of the molecule is CN(CCCc1cc(-c2ccccc2)no1)CCC(=O)Nc1ccc(N2CCOCC2)cc1. The van der Waals surface area contributed by atoms with Crippen molar-refractivity contribution in [1.82, 2.24) is 10.1 Å². The van der Waals surface area contributed by atoms with Crippen LogP contribution in [0.15, 0.2) is 65.2 Å². The van der Waals surface area contributed by atoms with Gasteiger partial charge < -0.3 is 24.4 Å². The maximum Gasteiger partial charge on any atom is 0.225 e. The highest BCUT2D eigenvalue weighted by Crippen LogP contribution is 2.20. The fourth-order valence-electron chi connectivity index (χ4n) is 3.90. The lowest BCUT2D eigenvalue weighted by molar-refractivity contribution is -0.116. The van der Waals surface area contributed by atoms with Crippen LogP contribution in [0.3, 0.4) is 0 Å². The lowest BCUT2D eigenvalue weighted by atomic mass is 10.1. The number of anilines is 2. The van der Waals surface area contributed by atoms with Crippen molar-refractivity contribution in [1.29, 1.82) is 0 Å². The Morgan fingerprint density at radius 1 is 1.06 bits per heavy atom. The number of amides is 1. The predicted octanol–water partition coefficient (Wildman–Crippen LogP) is 4.07. The minimum Gasteiger partial charge on any atom is -0.378 e. The molecule has 1 aliphatic heterocycles. The van der Waals surface area contributed by atoms with Crippen molar-refractivity contribution in [2.24, 2.45) is 0 Å². The largest absolute Gasteiger partial charge is 0.378 e. The molecule has 1 aliphatic rings. The Labute approximate surface area is 195 Å². The second-order valence-corrected chi connectivity index (χ2v) is 8.40. The van der Waals surface area contributed by atoms with Gasteiger partial charge in [-0.25, -0.2) is 0 Å². The van der Waals surface area contributed by atoms with Gasteiger partial charge in [-0.05, 0) is 44.3 Å². The number of nitrogens with one attached hydrogen (secondary N) is 1. The molecular weight excluding hydrogens is 416 g/mol. The van der Waals surface area contributed by atoms with E-state index in [9.17, 15) is 4.79 Å². The van der Waals surface area contributed by atoms with Crippen LogP contribution in [0.4, 0.5) is 11.4 Å². The first-order chi connectivity index (χ1) is 16.2. The molecular formula is C26H32N4O3. The summed E-state index contributed by atoms with van der Waals surface area (Å²) in [5, 5.41) is 7.16. The summed E-state index contributed by atoms with van der Waals surface area (Å²) in [4.78, 5) is 16.8. The molecule has 1 aromatic heterocycles. The second-order valence-electron chi connectivity index (χ2n) is 8.40. The zero-order valence-corrected chi connectivity index (χ0v) is 19.2. The minimum atomic E-state index is 0.0312. The summed E-state index contributed by atoms with van der Waals surface area (Å²) in [5.41, 5.74) is 3.93. The fourth-order valence-corrected chi connectivity index (χ4v) is 3.90. The van der Waals surface area contributed by atoms with E-state index in [1.165, 1.54) is 5.69 Å². The molecule has 0 atom stereocenters. The average molecular weight is 449 g/mol. The van der Waals surface area contributed by atoms with Crippen LogP contribution in [0.2, 0.25) is 0 Å². The van der Waals surface area contributed by atoms with Gasteiger partial charge >= 0.3 is 0 Å². The van der Waals surface area contributed by atoms with Gasteiger partial charge in [-0.15, -0.1) is 0 Å². The van der Waals surface area contributed by atoms with Crippen LogP contribution in [0, 0.1) is 0 Å². The molecule has 7 heteroatoms. The topological polar surface area (TPSA) is 70.8 Å². The first-order valence-corrected chi connectivity index (χ1v) is 11.6. The molecule has 0 spiro atoms. The van der Waals surface area contributed by atoms with Gasteiger partial charge in [0, 0.05) is 55.5 Å². The first kappa shape index (κ1) is 23.0. The summed E-state index contributed by atoms with van der Waals surface area (Å²) in [6.07, 6.45) is 2.23. The molecule has 4 rings (SSSR count). The Kier molecular flexibility index (Phi) is 8.11. The third-order valence-corrected chi connectivity index (χ3v) is 5.84. The van der Waals surface area contributed by atoms with Gasteiger partial charge in [0.2, 0.25) is 5.91 Å². The molecule has 2 aromatic carbocycles. The van der Waals surface area contributed by atoms with Gasteiger partial charge in [-0.2, -0.15) is 0 Å². The lowest BCUT2D eigenvalue weighted by Crippen LogP contribution is -2.36. The molecule has 0 unspecified atom stereocenters. The second kappa shape index (κ2) is 11.6. The molecule has 0 saturated carbocycles. The predicted molar refractivity (Wildman–Crippen MR) is 130 cm³/mol. The highest BCUT2D eigenvalue weighted by Gasteiger charge is 2.12.